The van der Waals surface area contributed by atoms with Crippen LogP contribution < -0.4 is 16.0 Å². The van der Waals surface area contributed by atoms with Gasteiger partial charge in [-0.1, -0.05) is 13.8 Å². The highest BCUT2D eigenvalue weighted by atomic mass is 16.4. The number of aliphatic carboxylic acids is 1. The third kappa shape index (κ3) is 7.87. The first-order chi connectivity index (χ1) is 9.99. The van der Waals surface area contributed by atoms with Gasteiger partial charge in [-0.3, -0.25) is 9.69 Å². The molecule has 1 aliphatic rings. The van der Waals surface area contributed by atoms with Crippen LogP contribution in [-0.2, 0) is 4.79 Å². The molecule has 0 aromatic heterocycles. The molecule has 2 amide bonds. The molecule has 1 unspecified atom stereocenters. The number of urea groups is 1. The van der Waals surface area contributed by atoms with Crippen LogP contribution in [0.4, 0.5) is 4.79 Å². The second kappa shape index (κ2) is 9.57. The number of hydrogen-bond acceptors (Lipinski definition) is 4. The van der Waals surface area contributed by atoms with Crippen molar-refractivity contribution in [1.29, 1.82) is 0 Å². The maximum absolute atomic E-state index is 11.7. The van der Waals surface area contributed by atoms with Gasteiger partial charge in [0.05, 0.1) is 5.92 Å². The normalized spacial score (nSPS) is 17.5. The first-order valence-corrected chi connectivity index (χ1v) is 7.66. The first kappa shape index (κ1) is 17.7. The second-order valence-electron chi connectivity index (χ2n) is 5.89. The van der Waals surface area contributed by atoms with E-state index in [1.165, 1.54) is 0 Å². The van der Waals surface area contributed by atoms with E-state index in [1.54, 1.807) is 0 Å². The number of amides is 2. The standard InChI is InChI=1S/C14H28N4O3/c1-11(2)9-12(13(19)20)10-17-14(21)16-5-8-18-6-3-15-4-7-18/h11-12,15H,3-10H2,1-2H3,(H,19,20)(H2,16,17,21). The van der Waals surface area contributed by atoms with Gasteiger partial charge in [0.2, 0.25) is 0 Å². The Bertz CT molecular complexity index is 330. The van der Waals surface area contributed by atoms with E-state index >= 15 is 0 Å². The third-order valence-corrected chi connectivity index (χ3v) is 3.54. The number of rotatable bonds is 8. The molecule has 0 aromatic rings. The minimum Gasteiger partial charge on any atom is -0.481 e. The van der Waals surface area contributed by atoms with E-state index in [4.69, 9.17) is 5.11 Å². The van der Waals surface area contributed by atoms with Gasteiger partial charge in [-0.05, 0) is 12.3 Å². The summed E-state index contributed by atoms with van der Waals surface area (Å²) in [5, 5.41) is 17.8. The van der Waals surface area contributed by atoms with Crippen LogP contribution in [0.2, 0.25) is 0 Å². The lowest BCUT2D eigenvalue weighted by atomic mass is 9.97. The number of carboxylic acids is 1. The summed E-state index contributed by atoms with van der Waals surface area (Å²) >= 11 is 0. The molecule has 0 radical (unpaired) electrons. The van der Waals surface area contributed by atoms with Gasteiger partial charge >= 0.3 is 12.0 Å². The van der Waals surface area contributed by atoms with Crippen LogP contribution in [-0.4, -0.2) is 67.8 Å². The van der Waals surface area contributed by atoms with Gasteiger partial charge < -0.3 is 21.1 Å². The summed E-state index contributed by atoms with van der Waals surface area (Å²) in [5.74, 6) is -1.09. The van der Waals surface area contributed by atoms with Crippen molar-refractivity contribution in [3.05, 3.63) is 0 Å². The molecule has 0 saturated carbocycles. The Kier molecular flexibility index (Phi) is 8.07. The summed E-state index contributed by atoms with van der Waals surface area (Å²) in [7, 11) is 0. The Morgan fingerprint density at radius 3 is 2.48 bits per heavy atom. The van der Waals surface area contributed by atoms with Crippen LogP contribution in [0.3, 0.4) is 0 Å². The van der Waals surface area contributed by atoms with E-state index in [9.17, 15) is 9.59 Å². The van der Waals surface area contributed by atoms with Gasteiger partial charge in [-0.2, -0.15) is 0 Å². The molecule has 1 aliphatic heterocycles. The largest absolute Gasteiger partial charge is 0.481 e. The molecule has 1 rings (SSSR count). The number of carbonyl (C=O) groups excluding carboxylic acids is 1. The van der Waals surface area contributed by atoms with Crippen molar-refractivity contribution in [3.8, 4) is 0 Å². The van der Waals surface area contributed by atoms with Crippen molar-refractivity contribution >= 4 is 12.0 Å². The number of nitrogens with zero attached hydrogens (tertiary/aromatic N) is 1. The summed E-state index contributed by atoms with van der Waals surface area (Å²) in [6, 6.07) is -0.292. The Hall–Kier alpha value is -1.34. The number of carbonyl (C=O) groups is 2. The summed E-state index contributed by atoms with van der Waals surface area (Å²) in [6.07, 6.45) is 0.566. The summed E-state index contributed by atoms with van der Waals surface area (Å²) in [6.45, 7) is 9.50. The third-order valence-electron chi connectivity index (χ3n) is 3.54. The lowest BCUT2D eigenvalue weighted by Crippen LogP contribution is -2.47. The fourth-order valence-corrected chi connectivity index (χ4v) is 2.38. The van der Waals surface area contributed by atoms with Crippen molar-refractivity contribution in [2.75, 3.05) is 45.8 Å². The van der Waals surface area contributed by atoms with Gasteiger partial charge in [0, 0.05) is 45.8 Å². The predicted molar refractivity (Wildman–Crippen MR) is 81.3 cm³/mol. The van der Waals surface area contributed by atoms with E-state index in [1.807, 2.05) is 13.8 Å². The van der Waals surface area contributed by atoms with Crippen LogP contribution >= 0.6 is 0 Å². The van der Waals surface area contributed by atoms with E-state index in [2.05, 4.69) is 20.9 Å². The topological polar surface area (TPSA) is 93.7 Å². The van der Waals surface area contributed by atoms with E-state index < -0.39 is 11.9 Å². The highest BCUT2D eigenvalue weighted by molar-refractivity contribution is 5.75. The van der Waals surface area contributed by atoms with Crippen molar-refractivity contribution in [2.45, 2.75) is 20.3 Å². The van der Waals surface area contributed by atoms with E-state index in [0.29, 0.717) is 18.9 Å². The first-order valence-electron chi connectivity index (χ1n) is 7.66. The quantitative estimate of drug-likeness (QED) is 0.504. The zero-order valence-corrected chi connectivity index (χ0v) is 13.0. The summed E-state index contributed by atoms with van der Waals surface area (Å²) in [5.41, 5.74) is 0. The molecule has 0 aliphatic carbocycles. The van der Waals surface area contributed by atoms with Crippen molar-refractivity contribution < 1.29 is 14.7 Å². The molecule has 122 valence electrons. The average Bonchev–Trinajstić information content (AvgIpc) is 2.44. The van der Waals surface area contributed by atoms with Crippen molar-refractivity contribution in [1.82, 2.24) is 20.9 Å². The molecule has 1 heterocycles. The summed E-state index contributed by atoms with van der Waals surface area (Å²) in [4.78, 5) is 25.0. The maximum atomic E-state index is 11.7. The van der Waals surface area contributed by atoms with Gasteiger partial charge in [0.25, 0.3) is 0 Å². The number of carboxylic acid groups (broad SMARTS) is 1. The Morgan fingerprint density at radius 2 is 1.90 bits per heavy atom. The van der Waals surface area contributed by atoms with Crippen LogP contribution in [0, 0.1) is 11.8 Å². The molecule has 1 fully saturated rings. The van der Waals surface area contributed by atoms with E-state index in [0.717, 1.165) is 32.7 Å². The smallest absolute Gasteiger partial charge is 0.314 e. The molecular formula is C14H28N4O3. The molecular weight excluding hydrogens is 272 g/mol. The maximum Gasteiger partial charge on any atom is 0.314 e. The Morgan fingerprint density at radius 1 is 1.24 bits per heavy atom. The minimum absolute atomic E-state index is 0.174. The lowest BCUT2D eigenvalue weighted by molar-refractivity contribution is -0.142. The predicted octanol–water partition coefficient (Wildman–Crippen LogP) is -0.0623. The van der Waals surface area contributed by atoms with Crippen molar-refractivity contribution in [2.24, 2.45) is 11.8 Å². The van der Waals surface area contributed by atoms with Crippen LogP contribution in [0.5, 0.6) is 0 Å². The lowest BCUT2D eigenvalue weighted by Gasteiger charge is -2.27. The summed E-state index contributed by atoms with van der Waals surface area (Å²) < 4.78 is 0. The molecule has 7 heteroatoms. The Labute approximate surface area is 126 Å². The molecule has 7 nitrogen and oxygen atoms in total. The molecule has 0 aromatic carbocycles. The zero-order valence-electron chi connectivity index (χ0n) is 13.0. The second-order valence-corrected chi connectivity index (χ2v) is 5.89. The van der Waals surface area contributed by atoms with Crippen LogP contribution in [0.25, 0.3) is 0 Å². The molecule has 1 atom stereocenters. The van der Waals surface area contributed by atoms with Crippen LogP contribution in [0.15, 0.2) is 0 Å². The van der Waals surface area contributed by atoms with Gasteiger partial charge in [0.15, 0.2) is 0 Å². The Balaban J connectivity index is 2.15. The van der Waals surface area contributed by atoms with Gasteiger partial charge in [-0.25, -0.2) is 4.79 Å². The number of hydrogen-bond donors (Lipinski definition) is 4. The number of piperazine rings is 1. The SMILES string of the molecule is CC(C)CC(CNC(=O)NCCN1CCNCC1)C(=O)O. The zero-order chi connectivity index (χ0) is 15.7. The highest BCUT2D eigenvalue weighted by Gasteiger charge is 2.19. The van der Waals surface area contributed by atoms with Crippen molar-refractivity contribution in [3.63, 3.8) is 0 Å². The number of nitrogens with one attached hydrogen (secondary N) is 3. The van der Waals surface area contributed by atoms with Crippen LogP contribution in [0.1, 0.15) is 20.3 Å². The monoisotopic (exact) mass is 300 g/mol. The molecule has 0 spiro atoms. The molecule has 21 heavy (non-hydrogen) atoms. The molecule has 1 saturated heterocycles. The van der Waals surface area contributed by atoms with Gasteiger partial charge in [0.1, 0.15) is 0 Å². The fourth-order valence-electron chi connectivity index (χ4n) is 2.38. The fraction of sp³-hybridized carbons (Fsp3) is 0.857. The molecule has 0 bridgehead atoms. The minimum atomic E-state index is -0.857. The molecule has 4 N–H and O–H groups in total. The van der Waals surface area contributed by atoms with E-state index in [-0.39, 0.29) is 12.6 Å². The average molecular weight is 300 g/mol. The highest BCUT2D eigenvalue weighted by Crippen LogP contribution is 2.10. The van der Waals surface area contributed by atoms with Gasteiger partial charge in [-0.15, -0.1) is 0 Å².